The molecule has 2 rings (SSSR count). The first-order chi connectivity index (χ1) is 7.84. The van der Waals surface area contributed by atoms with Crippen LogP contribution in [0.15, 0.2) is 0 Å². The van der Waals surface area contributed by atoms with Gasteiger partial charge in [-0.15, -0.1) is 0 Å². The topological polar surface area (TPSA) is 12.0 Å². The fraction of sp³-hybridized carbons (Fsp3) is 1.00. The van der Waals surface area contributed by atoms with Crippen LogP contribution in [0, 0.1) is 17.8 Å². The van der Waals surface area contributed by atoms with Gasteiger partial charge in [-0.25, -0.2) is 0 Å². The Morgan fingerprint density at radius 1 is 0.812 bits per heavy atom. The van der Waals surface area contributed by atoms with E-state index in [1.807, 2.05) is 0 Å². The molecule has 2 unspecified atom stereocenters. The lowest BCUT2D eigenvalue weighted by atomic mass is 10.00. The smallest absolute Gasteiger partial charge is 0.00203 e. The molecule has 2 aliphatic rings. The fourth-order valence-corrected chi connectivity index (χ4v) is 3.57. The standard InChI is InChI=1S/C15H29N/c1-13-8-9-15(10-13)12-16-11-14-6-4-2-3-5-7-14/h13-16H,2-12H2,1H3. The van der Waals surface area contributed by atoms with Crippen molar-refractivity contribution in [1.82, 2.24) is 5.32 Å². The predicted octanol–water partition coefficient (Wildman–Crippen LogP) is 3.98. The zero-order valence-corrected chi connectivity index (χ0v) is 11.0. The summed E-state index contributed by atoms with van der Waals surface area (Å²) in [5, 5.41) is 3.75. The minimum absolute atomic E-state index is 0.987. The first-order valence-corrected chi connectivity index (χ1v) is 7.55. The highest BCUT2D eigenvalue weighted by Crippen LogP contribution is 2.29. The number of rotatable bonds is 4. The minimum Gasteiger partial charge on any atom is -0.316 e. The predicted molar refractivity (Wildman–Crippen MR) is 70.6 cm³/mol. The SMILES string of the molecule is CC1CCC(CNCC2CCCCCC2)C1. The monoisotopic (exact) mass is 223 g/mol. The van der Waals surface area contributed by atoms with Gasteiger partial charge in [0.05, 0.1) is 0 Å². The van der Waals surface area contributed by atoms with Gasteiger partial charge in [-0.3, -0.25) is 0 Å². The summed E-state index contributed by atoms with van der Waals surface area (Å²) < 4.78 is 0. The average molecular weight is 223 g/mol. The third-order valence-electron chi connectivity index (χ3n) is 4.64. The van der Waals surface area contributed by atoms with E-state index in [0.29, 0.717) is 0 Å². The van der Waals surface area contributed by atoms with E-state index in [1.54, 1.807) is 0 Å². The van der Waals surface area contributed by atoms with Gasteiger partial charge in [-0.05, 0) is 56.5 Å². The molecule has 0 heterocycles. The summed E-state index contributed by atoms with van der Waals surface area (Å²) in [5.74, 6) is 2.96. The highest BCUT2D eigenvalue weighted by Gasteiger charge is 2.21. The van der Waals surface area contributed by atoms with Crippen LogP contribution in [0.1, 0.15) is 64.7 Å². The summed E-state index contributed by atoms with van der Waals surface area (Å²) in [6.07, 6.45) is 13.3. The average Bonchev–Trinajstić information content (AvgIpc) is 2.54. The van der Waals surface area contributed by atoms with Gasteiger partial charge in [-0.2, -0.15) is 0 Å². The highest BCUT2D eigenvalue weighted by atomic mass is 14.9. The van der Waals surface area contributed by atoms with Gasteiger partial charge in [-0.1, -0.05) is 39.0 Å². The molecule has 2 fully saturated rings. The van der Waals surface area contributed by atoms with E-state index in [-0.39, 0.29) is 0 Å². The van der Waals surface area contributed by atoms with Crippen molar-refractivity contribution in [2.24, 2.45) is 17.8 Å². The van der Waals surface area contributed by atoms with Gasteiger partial charge >= 0.3 is 0 Å². The van der Waals surface area contributed by atoms with Crippen LogP contribution in [0.25, 0.3) is 0 Å². The van der Waals surface area contributed by atoms with Crippen LogP contribution < -0.4 is 5.32 Å². The lowest BCUT2D eigenvalue weighted by Gasteiger charge is -2.17. The highest BCUT2D eigenvalue weighted by molar-refractivity contribution is 4.75. The molecule has 1 N–H and O–H groups in total. The van der Waals surface area contributed by atoms with Crippen LogP contribution in [-0.4, -0.2) is 13.1 Å². The molecule has 0 radical (unpaired) electrons. The van der Waals surface area contributed by atoms with E-state index in [4.69, 9.17) is 0 Å². The van der Waals surface area contributed by atoms with Crippen molar-refractivity contribution in [2.75, 3.05) is 13.1 Å². The second-order valence-electron chi connectivity index (χ2n) is 6.30. The fourth-order valence-electron chi connectivity index (χ4n) is 3.57. The molecule has 0 amide bonds. The summed E-state index contributed by atoms with van der Waals surface area (Å²) in [7, 11) is 0. The Balaban J connectivity index is 1.56. The van der Waals surface area contributed by atoms with Crippen LogP contribution in [-0.2, 0) is 0 Å². The Kier molecular flexibility index (Phi) is 5.15. The van der Waals surface area contributed by atoms with Gasteiger partial charge in [0.25, 0.3) is 0 Å². The summed E-state index contributed by atoms with van der Waals surface area (Å²) in [5.41, 5.74) is 0. The maximum Gasteiger partial charge on any atom is -0.00203 e. The molecule has 0 spiro atoms. The maximum absolute atomic E-state index is 3.75. The van der Waals surface area contributed by atoms with E-state index in [2.05, 4.69) is 12.2 Å². The van der Waals surface area contributed by atoms with Gasteiger partial charge in [0.15, 0.2) is 0 Å². The Hall–Kier alpha value is -0.0400. The second kappa shape index (κ2) is 6.64. The van der Waals surface area contributed by atoms with Crippen LogP contribution in [0.5, 0.6) is 0 Å². The molecule has 2 aliphatic carbocycles. The molecule has 2 atom stereocenters. The van der Waals surface area contributed by atoms with Gasteiger partial charge in [0, 0.05) is 0 Å². The Labute approximate surface area is 101 Å². The third-order valence-corrected chi connectivity index (χ3v) is 4.64. The molecule has 94 valence electrons. The normalized spacial score (nSPS) is 32.8. The molecule has 1 nitrogen and oxygen atoms in total. The van der Waals surface area contributed by atoms with E-state index in [0.717, 1.165) is 17.8 Å². The largest absolute Gasteiger partial charge is 0.316 e. The summed E-state index contributed by atoms with van der Waals surface area (Å²) in [6.45, 7) is 5.00. The number of hydrogen-bond acceptors (Lipinski definition) is 1. The summed E-state index contributed by atoms with van der Waals surface area (Å²) in [6, 6.07) is 0. The van der Waals surface area contributed by atoms with Crippen LogP contribution in [0.4, 0.5) is 0 Å². The van der Waals surface area contributed by atoms with Crippen LogP contribution >= 0.6 is 0 Å². The van der Waals surface area contributed by atoms with Crippen molar-refractivity contribution < 1.29 is 0 Å². The Bertz CT molecular complexity index is 182. The van der Waals surface area contributed by atoms with Crippen molar-refractivity contribution >= 4 is 0 Å². The zero-order valence-electron chi connectivity index (χ0n) is 11.0. The molecular formula is C15H29N. The van der Waals surface area contributed by atoms with E-state index in [1.165, 1.54) is 70.9 Å². The van der Waals surface area contributed by atoms with Gasteiger partial charge in [0.2, 0.25) is 0 Å². The van der Waals surface area contributed by atoms with Crippen molar-refractivity contribution in [2.45, 2.75) is 64.7 Å². The van der Waals surface area contributed by atoms with Gasteiger partial charge in [0.1, 0.15) is 0 Å². The molecule has 0 bridgehead atoms. The first kappa shape index (κ1) is 12.4. The van der Waals surface area contributed by atoms with Crippen LogP contribution in [0.2, 0.25) is 0 Å². The van der Waals surface area contributed by atoms with Crippen LogP contribution in [0.3, 0.4) is 0 Å². The number of nitrogens with one attached hydrogen (secondary N) is 1. The lowest BCUT2D eigenvalue weighted by Crippen LogP contribution is -2.27. The Morgan fingerprint density at radius 2 is 1.50 bits per heavy atom. The third kappa shape index (κ3) is 4.08. The molecule has 0 aromatic heterocycles. The molecular weight excluding hydrogens is 194 g/mol. The lowest BCUT2D eigenvalue weighted by molar-refractivity contribution is 0.393. The van der Waals surface area contributed by atoms with Crippen molar-refractivity contribution in [3.8, 4) is 0 Å². The van der Waals surface area contributed by atoms with E-state index in [9.17, 15) is 0 Å². The second-order valence-corrected chi connectivity index (χ2v) is 6.30. The minimum atomic E-state index is 0.987. The van der Waals surface area contributed by atoms with Gasteiger partial charge < -0.3 is 5.32 Å². The zero-order chi connectivity index (χ0) is 11.2. The molecule has 1 heteroatoms. The van der Waals surface area contributed by atoms with E-state index < -0.39 is 0 Å². The summed E-state index contributed by atoms with van der Waals surface area (Å²) in [4.78, 5) is 0. The quantitative estimate of drug-likeness (QED) is 0.711. The van der Waals surface area contributed by atoms with Crippen molar-refractivity contribution in [1.29, 1.82) is 0 Å². The molecule has 16 heavy (non-hydrogen) atoms. The molecule has 2 saturated carbocycles. The maximum atomic E-state index is 3.75. The van der Waals surface area contributed by atoms with E-state index >= 15 is 0 Å². The molecule has 0 aromatic rings. The number of hydrogen-bond donors (Lipinski definition) is 1. The summed E-state index contributed by atoms with van der Waals surface area (Å²) >= 11 is 0. The molecule has 0 aliphatic heterocycles. The first-order valence-electron chi connectivity index (χ1n) is 7.55. The van der Waals surface area contributed by atoms with Crippen molar-refractivity contribution in [3.63, 3.8) is 0 Å². The van der Waals surface area contributed by atoms with Crippen molar-refractivity contribution in [3.05, 3.63) is 0 Å². The Morgan fingerprint density at radius 3 is 2.12 bits per heavy atom. The molecule has 0 saturated heterocycles. The molecule has 0 aromatic carbocycles.